The molecule has 6 nitrogen and oxygen atoms in total. The van der Waals surface area contributed by atoms with E-state index in [1.54, 1.807) is 6.92 Å². The zero-order chi connectivity index (χ0) is 14.1. The van der Waals surface area contributed by atoms with Crippen LogP contribution in [-0.2, 0) is 14.3 Å². The number of carboxylic acid groups (broad SMARTS) is 1. The second-order valence-electron chi connectivity index (χ2n) is 4.20. The lowest BCUT2D eigenvalue weighted by Crippen LogP contribution is -2.17. The minimum absolute atomic E-state index is 0.260. The lowest BCUT2D eigenvalue weighted by molar-refractivity contribution is -0.147. The number of carbonyl (C=O) groups excluding carboxylic acids is 1. The van der Waals surface area contributed by atoms with Crippen LogP contribution < -0.4 is 0 Å². The summed E-state index contributed by atoms with van der Waals surface area (Å²) >= 11 is 0. The van der Waals surface area contributed by atoms with Gasteiger partial charge in [0.2, 0.25) is 0 Å². The van der Waals surface area contributed by atoms with Crippen LogP contribution >= 0.6 is 0 Å². The first-order chi connectivity index (χ1) is 8.31. The number of aliphatic carboxylic acids is 1. The first-order valence-corrected chi connectivity index (χ1v) is 5.78. The fraction of sp³-hybridized carbons (Fsp3) is 0.667. The van der Waals surface area contributed by atoms with Crippen LogP contribution in [0.4, 0.5) is 0 Å². The lowest BCUT2D eigenvalue weighted by atomic mass is 10.1. The van der Waals surface area contributed by atoms with Crippen molar-refractivity contribution in [3.8, 4) is 0 Å². The molecular weight excluding hydrogens is 240 g/mol. The number of aliphatic hydroxyl groups is 2. The quantitative estimate of drug-likeness (QED) is 0.433. The molecule has 0 saturated carbocycles. The zero-order valence-corrected chi connectivity index (χ0v) is 10.6. The Morgan fingerprint density at radius 1 is 1.22 bits per heavy atom. The van der Waals surface area contributed by atoms with Gasteiger partial charge in [-0.3, -0.25) is 4.79 Å². The van der Waals surface area contributed by atoms with Gasteiger partial charge in [0.05, 0.1) is 18.6 Å². The summed E-state index contributed by atoms with van der Waals surface area (Å²) in [5, 5.41) is 26.9. The largest absolute Gasteiger partial charge is 0.481 e. The van der Waals surface area contributed by atoms with Gasteiger partial charge in [-0.2, -0.15) is 0 Å². The number of hydrogen-bond acceptors (Lipinski definition) is 5. The third-order valence-electron chi connectivity index (χ3n) is 2.11. The smallest absolute Gasteiger partial charge is 0.330 e. The van der Waals surface area contributed by atoms with Gasteiger partial charge in [-0.25, -0.2) is 4.79 Å². The summed E-state index contributed by atoms with van der Waals surface area (Å²) in [4.78, 5) is 21.5. The van der Waals surface area contributed by atoms with E-state index in [2.05, 4.69) is 0 Å². The first-order valence-electron chi connectivity index (χ1n) is 5.78. The van der Waals surface area contributed by atoms with Crippen molar-refractivity contribution >= 4 is 11.9 Å². The molecule has 0 aromatic heterocycles. The third kappa shape index (κ3) is 9.80. The molecule has 0 heterocycles. The van der Waals surface area contributed by atoms with E-state index in [-0.39, 0.29) is 6.42 Å². The molecule has 0 rings (SSSR count). The highest BCUT2D eigenvalue weighted by Crippen LogP contribution is 2.03. The SMILES string of the molecule is CC(CC(=O)O)OC(=O)C=C[C@@H](O)CC[C@@H](C)O. The molecule has 0 amide bonds. The van der Waals surface area contributed by atoms with Crippen molar-refractivity contribution in [2.24, 2.45) is 0 Å². The molecule has 0 fully saturated rings. The van der Waals surface area contributed by atoms with Crippen molar-refractivity contribution in [2.75, 3.05) is 0 Å². The van der Waals surface area contributed by atoms with E-state index < -0.39 is 30.3 Å². The monoisotopic (exact) mass is 260 g/mol. The number of carbonyl (C=O) groups is 2. The Bertz CT molecular complexity index is 297. The molecule has 0 bridgehead atoms. The second kappa shape index (κ2) is 8.66. The number of esters is 1. The topological polar surface area (TPSA) is 104 Å². The summed E-state index contributed by atoms with van der Waals surface area (Å²) in [5.41, 5.74) is 0. The molecule has 0 aliphatic heterocycles. The fourth-order valence-electron chi connectivity index (χ4n) is 1.22. The summed E-state index contributed by atoms with van der Waals surface area (Å²) in [7, 11) is 0. The highest BCUT2D eigenvalue weighted by molar-refractivity contribution is 5.82. The molecule has 0 aromatic rings. The van der Waals surface area contributed by atoms with Gasteiger partial charge in [-0.05, 0) is 32.8 Å². The molecular formula is C12H20O6. The van der Waals surface area contributed by atoms with Crippen molar-refractivity contribution in [3.63, 3.8) is 0 Å². The van der Waals surface area contributed by atoms with Gasteiger partial charge in [-0.15, -0.1) is 0 Å². The van der Waals surface area contributed by atoms with E-state index in [4.69, 9.17) is 14.9 Å². The summed E-state index contributed by atoms with van der Waals surface area (Å²) in [6.07, 6.45) is 0.780. The van der Waals surface area contributed by atoms with E-state index >= 15 is 0 Å². The fourth-order valence-corrected chi connectivity index (χ4v) is 1.22. The predicted molar refractivity (Wildman–Crippen MR) is 63.9 cm³/mol. The van der Waals surface area contributed by atoms with Crippen molar-refractivity contribution < 1.29 is 29.6 Å². The van der Waals surface area contributed by atoms with Gasteiger partial charge >= 0.3 is 11.9 Å². The molecule has 0 spiro atoms. The Labute approximate surface area is 106 Å². The summed E-state index contributed by atoms with van der Waals surface area (Å²) in [5.74, 6) is -1.74. The van der Waals surface area contributed by atoms with Crippen LogP contribution in [0.2, 0.25) is 0 Å². The van der Waals surface area contributed by atoms with Gasteiger partial charge in [0.1, 0.15) is 6.10 Å². The number of aliphatic hydroxyl groups excluding tert-OH is 2. The van der Waals surface area contributed by atoms with Gasteiger partial charge < -0.3 is 20.1 Å². The van der Waals surface area contributed by atoms with Crippen LogP contribution in [0.15, 0.2) is 12.2 Å². The van der Waals surface area contributed by atoms with E-state index in [1.165, 1.54) is 13.0 Å². The molecule has 1 unspecified atom stereocenters. The Hall–Kier alpha value is -1.40. The molecule has 104 valence electrons. The van der Waals surface area contributed by atoms with Crippen molar-refractivity contribution in [2.45, 2.75) is 51.4 Å². The molecule has 0 aromatic carbocycles. The first kappa shape index (κ1) is 16.6. The van der Waals surface area contributed by atoms with Crippen LogP contribution in [-0.4, -0.2) is 45.6 Å². The minimum Gasteiger partial charge on any atom is -0.481 e. The van der Waals surface area contributed by atoms with Crippen LogP contribution in [0.1, 0.15) is 33.1 Å². The Kier molecular flexibility index (Phi) is 7.98. The zero-order valence-electron chi connectivity index (χ0n) is 10.6. The van der Waals surface area contributed by atoms with E-state index in [0.29, 0.717) is 12.8 Å². The highest BCUT2D eigenvalue weighted by atomic mass is 16.5. The molecule has 6 heteroatoms. The summed E-state index contributed by atoms with van der Waals surface area (Å²) < 4.78 is 4.77. The third-order valence-corrected chi connectivity index (χ3v) is 2.11. The molecule has 0 radical (unpaired) electrons. The van der Waals surface area contributed by atoms with Gasteiger partial charge in [0.15, 0.2) is 0 Å². The lowest BCUT2D eigenvalue weighted by Gasteiger charge is -2.09. The minimum atomic E-state index is -1.05. The molecule has 0 saturated heterocycles. The number of rotatable bonds is 8. The number of carboxylic acids is 1. The van der Waals surface area contributed by atoms with E-state index in [9.17, 15) is 14.7 Å². The van der Waals surface area contributed by atoms with Crippen LogP contribution in [0.5, 0.6) is 0 Å². The molecule has 3 atom stereocenters. The summed E-state index contributed by atoms with van der Waals surface area (Å²) in [6, 6.07) is 0. The molecule has 18 heavy (non-hydrogen) atoms. The average molecular weight is 260 g/mol. The van der Waals surface area contributed by atoms with Crippen LogP contribution in [0.3, 0.4) is 0 Å². The predicted octanol–water partition coefficient (Wildman–Crippen LogP) is 0.471. The maximum atomic E-state index is 11.2. The maximum Gasteiger partial charge on any atom is 0.330 e. The number of ether oxygens (including phenoxy) is 1. The molecule has 3 N–H and O–H groups in total. The van der Waals surface area contributed by atoms with Gasteiger partial charge in [-0.1, -0.05) is 0 Å². The second-order valence-corrected chi connectivity index (χ2v) is 4.20. The standard InChI is InChI=1S/C12H20O6/c1-8(13)3-4-10(14)5-6-12(17)18-9(2)7-11(15)16/h5-6,8-10,13-14H,3-4,7H2,1-2H3,(H,15,16)/t8-,9?,10+/m1/s1. The maximum absolute atomic E-state index is 11.2. The van der Waals surface area contributed by atoms with Crippen molar-refractivity contribution in [3.05, 3.63) is 12.2 Å². The Balaban J connectivity index is 3.95. The average Bonchev–Trinajstić information content (AvgIpc) is 2.22. The molecule has 0 aliphatic rings. The number of hydrogen-bond donors (Lipinski definition) is 3. The normalized spacial score (nSPS) is 16.2. The van der Waals surface area contributed by atoms with Gasteiger partial charge in [0, 0.05) is 6.08 Å². The molecule has 0 aliphatic carbocycles. The van der Waals surface area contributed by atoms with E-state index in [1.807, 2.05) is 0 Å². The van der Waals surface area contributed by atoms with Crippen molar-refractivity contribution in [1.82, 2.24) is 0 Å². The van der Waals surface area contributed by atoms with Crippen LogP contribution in [0.25, 0.3) is 0 Å². The Morgan fingerprint density at radius 3 is 2.33 bits per heavy atom. The summed E-state index contributed by atoms with van der Waals surface area (Å²) in [6.45, 7) is 3.09. The van der Waals surface area contributed by atoms with Gasteiger partial charge in [0.25, 0.3) is 0 Å². The Morgan fingerprint density at radius 2 is 1.83 bits per heavy atom. The van der Waals surface area contributed by atoms with Crippen molar-refractivity contribution in [1.29, 1.82) is 0 Å². The van der Waals surface area contributed by atoms with Crippen LogP contribution in [0, 0.1) is 0 Å². The van der Waals surface area contributed by atoms with E-state index in [0.717, 1.165) is 6.08 Å². The highest BCUT2D eigenvalue weighted by Gasteiger charge is 2.11.